The summed E-state index contributed by atoms with van der Waals surface area (Å²) in [6.45, 7) is 0. The summed E-state index contributed by atoms with van der Waals surface area (Å²) in [5.41, 5.74) is 13.3. The molecule has 6 N–H and O–H groups in total. The van der Waals surface area contributed by atoms with E-state index in [1.807, 2.05) is 0 Å². The smallest absolute Gasteiger partial charge is 0.226 e. The molecule has 0 aromatic heterocycles. The van der Waals surface area contributed by atoms with Crippen molar-refractivity contribution in [1.29, 1.82) is 11.1 Å². The molecule has 0 aliphatic carbocycles. The highest BCUT2D eigenvalue weighted by Gasteiger charge is 2.00. The predicted molar refractivity (Wildman–Crippen MR) is 58.5 cm³/mol. The van der Waals surface area contributed by atoms with Gasteiger partial charge in [-0.05, 0) is 0 Å². The summed E-state index contributed by atoms with van der Waals surface area (Å²) in [6, 6.07) is 0. The van der Waals surface area contributed by atoms with E-state index in [9.17, 15) is 0 Å². The van der Waals surface area contributed by atoms with E-state index in [-0.39, 0.29) is 10.3 Å². The zero-order valence-electron chi connectivity index (χ0n) is 7.17. The first-order valence-electron chi connectivity index (χ1n) is 3.34. The van der Waals surface area contributed by atoms with Gasteiger partial charge in [-0.2, -0.15) is 10.2 Å². The standard InChI is InChI=1S/C4H10N8S2/c5-9-3(10-6)13-1-2-14-4(11-7)12-8/h5,7H,1-2,6,8H2. The predicted octanol–water partition coefficient (Wildman–Crippen LogP) is 0.974. The number of rotatable bonds is 3. The minimum atomic E-state index is 0.208. The maximum Gasteiger partial charge on any atom is 0.226 e. The van der Waals surface area contributed by atoms with E-state index in [1.165, 1.54) is 23.5 Å². The van der Waals surface area contributed by atoms with Crippen LogP contribution in [0, 0.1) is 11.1 Å². The van der Waals surface area contributed by atoms with Gasteiger partial charge in [0.2, 0.25) is 10.3 Å². The number of amidine groups is 2. The molecule has 0 heterocycles. The van der Waals surface area contributed by atoms with Gasteiger partial charge in [0, 0.05) is 11.5 Å². The number of nitrogens with two attached hydrogens (primary N) is 2. The quantitative estimate of drug-likeness (QED) is 0.144. The molecule has 0 saturated heterocycles. The lowest BCUT2D eigenvalue weighted by Gasteiger charge is -1.97. The SMILES string of the molecule is N=NC(=NN)SCCSC(N=N)=NN. The van der Waals surface area contributed by atoms with E-state index in [2.05, 4.69) is 20.4 Å². The van der Waals surface area contributed by atoms with Gasteiger partial charge in [0.25, 0.3) is 0 Å². The molecule has 0 unspecified atom stereocenters. The van der Waals surface area contributed by atoms with Crippen molar-refractivity contribution in [2.75, 3.05) is 11.5 Å². The molecule has 0 bridgehead atoms. The van der Waals surface area contributed by atoms with Crippen molar-refractivity contribution in [2.24, 2.45) is 32.1 Å². The Morgan fingerprint density at radius 2 is 1.29 bits per heavy atom. The van der Waals surface area contributed by atoms with Crippen LogP contribution in [0.3, 0.4) is 0 Å². The summed E-state index contributed by atoms with van der Waals surface area (Å²) in [7, 11) is 0. The summed E-state index contributed by atoms with van der Waals surface area (Å²) in [4.78, 5) is 0. The van der Waals surface area contributed by atoms with E-state index in [4.69, 9.17) is 22.7 Å². The van der Waals surface area contributed by atoms with Crippen LogP contribution in [0.25, 0.3) is 0 Å². The molecule has 0 atom stereocenters. The molecular formula is C4H10N8S2. The van der Waals surface area contributed by atoms with E-state index in [0.29, 0.717) is 11.5 Å². The van der Waals surface area contributed by atoms with Gasteiger partial charge in [-0.15, -0.1) is 10.2 Å². The Balaban J connectivity index is 3.65. The van der Waals surface area contributed by atoms with Crippen LogP contribution in [0.1, 0.15) is 0 Å². The molecule has 0 fully saturated rings. The lowest BCUT2D eigenvalue weighted by atomic mass is 11.0. The second kappa shape index (κ2) is 8.44. The lowest BCUT2D eigenvalue weighted by molar-refractivity contribution is 1.16. The molecule has 0 rings (SSSR count). The minimum absolute atomic E-state index is 0.208. The molecule has 78 valence electrons. The number of nitrogens with one attached hydrogen (secondary N) is 2. The van der Waals surface area contributed by atoms with Crippen LogP contribution in [0.4, 0.5) is 0 Å². The molecule has 14 heavy (non-hydrogen) atoms. The average molecular weight is 234 g/mol. The van der Waals surface area contributed by atoms with E-state index in [1.54, 1.807) is 0 Å². The fourth-order valence-electron chi connectivity index (χ4n) is 0.463. The summed E-state index contributed by atoms with van der Waals surface area (Å²) in [6.07, 6.45) is 0. The Hall–Kier alpha value is -1.16. The molecule has 8 nitrogen and oxygen atoms in total. The average Bonchev–Trinajstić information content (AvgIpc) is 2.24. The normalized spacial score (nSPS) is 12.6. The molecule has 0 spiro atoms. The zero-order chi connectivity index (χ0) is 10.8. The highest BCUT2D eigenvalue weighted by atomic mass is 32.2. The third kappa shape index (κ3) is 5.48. The van der Waals surface area contributed by atoms with E-state index < -0.39 is 0 Å². The lowest BCUT2D eigenvalue weighted by Crippen LogP contribution is -1.98. The van der Waals surface area contributed by atoms with Crippen LogP contribution in [0.15, 0.2) is 20.4 Å². The third-order valence-electron chi connectivity index (χ3n) is 0.958. The third-order valence-corrected chi connectivity index (χ3v) is 2.94. The molecule has 0 aromatic carbocycles. The number of hydrogen-bond donors (Lipinski definition) is 4. The van der Waals surface area contributed by atoms with Crippen molar-refractivity contribution in [3.8, 4) is 0 Å². The fourth-order valence-corrected chi connectivity index (χ4v) is 1.77. The van der Waals surface area contributed by atoms with Crippen LogP contribution in [-0.4, -0.2) is 21.8 Å². The Bertz CT molecular complexity index is 222. The van der Waals surface area contributed by atoms with Crippen LogP contribution in [0.2, 0.25) is 0 Å². The molecular weight excluding hydrogens is 224 g/mol. The van der Waals surface area contributed by atoms with Crippen molar-refractivity contribution in [2.45, 2.75) is 0 Å². The Morgan fingerprint density at radius 1 is 0.929 bits per heavy atom. The first-order chi connectivity index (χ1) is 6.78. The van der Waals surface area contributed by atoms with E-state index in [0.717, 1.165) is 0 Å². The van der Waals surface area contributed by atoms with Gasteiger partial charge in [-0.1, -0.05) is 23.5 Å². The molecule has 0 aromatic rings. The number of thioether (sulfide) groups is 2. The van der Waals surface area contributed by atoms with Gasteiger partial charge in [-0.25, -0.2) is 11.1 Å². The van der Waals surface area contributed by atoms with Gasteiger partial charge < -0.3 is 11.7 Å². The monoisotopic (exact) mass is 234 g/mol. The largest absolute Gasteiger partial charge is 0.321 e. The second-order valence-corrected chi connectivity index (χ2v) is 3.87. The molecule has 0 radical (unpaired) electrons. The first-order valence-corrected chi connectivity index (χ1v) is 5.31. The van der Waals surface area contributed by atoms with Crippen LogP contribution >= 0.6 is 23.5 Å². The van der Waals surface area contributed by atoms with Gasteiger partial charge in [0.15, 0.2) is 0 Å². The molecule has 0 aliphatic heterocycles. The number of nitrogens with zero attached hydrogens (tertiary/aromatic N) is 4. The van der Waals surface area contributed by atoms with Gasteiger partial charge in [0.1, 0.15) is 0 Å². The van der Waals surface area contributed by atoms with Gasteiger partial charge in [0.05, 0.1) is 0 Å². The fraction of sp³-hybridized carbons (Fsp3) is 0.500. The number of hydrazone groups is 2. The molecule has 0 saturated carbocycles. The summed E-state index contributed by atoms with van der Waals surface area (Å²) in [5.74, 6) is 11.1. The van der Waals surface area contributed by atoms with Crippen LogP contribution in [0.5, 0.6) is 0 Å². The summed E-state index contributed by atoms with van der Waals surface area (Å²) in [5, 5.41) is 13.1. The van der Waals surface area contributed by atoms with Crippen molar-refractivity contribution < 1.29 is 0 Å². The van der Waals surface area contributed by atoms with Crippen LogP contribution < -0.4 is 11.7 Å². The zero-order valence-corrected chi connectivity index (χ0v) is 8.81. The van der Waals surface area contributed by atoms with E-state index >= 15 is 0 Å². The van der Waals surface area contributed by atoms with Crippen molar-refractivity contribution in [1.82, 2.24) is 0 Å². The summed E-state index contributed by atoms with van der Waals surface area (Å²) >= 11 is 2.47. The van der Waals surface area contributed by atoms with Crippen molar-refractivity contribution in [3.05, 3.63) is 0 Å². The van der Waals surface area contributed by atoms with Crippen molar-refractivity contribution in [3.63, 3.8) is 0 Å². The Morgan fingerprint density at radius 3 is 1.50 bits per heavy atom. The minimum Gasteiger partial charge on any atom is -0.321 e. The Kier molecular flexibility index (Phi) is 7.74. The van der Waals surface area contributed by atoms with Gasteiger partial charge in [-0.3, -0.25) is 0 Å². The highest BCUT2D eigenvalue weighted by molar-refractivity contribution is 8.17. The molecule has 0 aliphatic rings. The number of hydrogen-bond acceptors (Lipinski definition) is 8. The van der Waals surface area contributed by atoms with Gasteiger partial charge >= 0.3 is 0 Å². The Labute approximate surface area is 89.0 Å². The highest BCUT2D eigenvalue weighted by Crippen LogP contribution is 2.11. The molecule has 0 amide bonds. The topological polar surface area (TPSA) is 149 Å². The van der Waals surface area contributed by atoms with Crippen molar-refractivity contribution >= 4 is 33.9 Å². The summed E-state index contributed by atoms with van der Waals surface area (Å²) < 4.78 is 0. The first kappa shape index (κ1) is 12.8. The maximum atomic E-state index is 6.65. The van der Waals surface area contributed by atoms with Crippen LogP contribution in [-0.2, 0) is 0 Å². The second-order valence-electron chi connectivity index (χ2n) is 1.74. The molecule has 10 heteroatoms. The maximum absolute atomic E-state index is 6.65.